The van der Waals surface area contributed by atoms with Crippen molar-refractivity contribution in [2.24, 2.45) is 11.3 Å². The van der Waals surface area contributed by atoms with E-state index in [1.807, 2.05) is 4.90 Å². The molecule has 2 fully saturated rings. The molecular weight excluding hydrogens is 240 g/mol. The number of amides is 1. The van der Waals surface area contributed by atoms with Gasteiger partial charge in [0.2, 0.25) is 5.91 Å². The third-order valence-corrected chi connectivity index (χ3v) is 4.21. The number of rotatable bonds is 2. The van der Waals surface area contributed by atoms with E-state index in [0.717, 1.165) is 26.2 Å². The molecule has 2 unspecified atom stereocenters. The Morgan fingerprint density at radius 3 is 2.79 bits per heavy atom. The molecule has 0 radical (unpaired) electrons. The Balaban J connectivity index is 2.04. The second-order valence-corrected chi connectivity index (χ2v) is 7.46. The van der Waals surface area contributed by atoms with Crippen molar-refractivity contribution in [3.05, 3.63) is 0 Å². The fraction of sp³-hybridized carbons (Fsp3) is 0.933. The van der Waals surface area contributed by atoms with Crippen LogP contribution in [0.15, 0.2) is 0 Å². The van der Waals surface area contributed by atoms with Gasteiger partial charge in [-0.25, -0.2) is 0 Å². The molecule has 0 aromatic heterocycles. The summed E-state index contributed by atoms with van der Waals surface area (Å²) in [7, 11) is 0. The van der Waals surface area contributed by atoms with Gasteiger partial charge in [0.1, 0.15) is 6.61 Å². The van der Waals surface area contributed by atoms with E-state index >= 15 is 0 Å². The standard InChI is InChI=1S/C15H28N2O2/c1-14(2,3)10-17-11-15(4,19-9-13(17)18)12-6-5-7-16-8-12/h12,16H,5-11H2,1-4H3. The quantitative estimate of drug-likeness (QED) is 0.828. The maximum atomic E-state index is 12.0. The first-order chi connectivity index (χ1) is 8.80. The van der Waals surface area contributed by atoms with Gasteiger partial charge in [0.05, 0.1) is 5.60 Å². The smallest absolute Gasteiger partial charge is 0.248 e. The van der Waals surface area contributed by atoms with Crippen LogP contribution in [0.2, 0.25) is 0 Å². The minimum Gasteiger partial charge on any atom is -0.363 e. The van der Waals surface area contributed by atoms with Crippen LogP contribution in [-0.2, 0) is 9.53 Å². The van der Waals surface area contributed by atoms with E-state index in [1.54, 1.807) is 0 Å². The molecule has 0 aromatic rings. The lowest BCUT2D eigenvalue weighted by Crippen LogP contribution is -2.60. The predicted octanol–water partition coefficient (Wildman–Crippen LogP) is 1.65. The molecular formula is C15H28N2O2. The SMILES string of the molecule is CC(C)(C)CN1CC(C)(C2CCCNC2)OCC1=O. The van der Waals surface area contributed by atoms with E-state index in [0.29, 0.717) is 5.92 Å². The summed E-state index contributed by atoms with van der Waals surface area (Å²) >= 11 is 0. The maximum absolute atomic E-state index is 12.0. The van der Waals surface area contributed by atoms with E-state index < -0.39 is 0 Å². The maximum Gasteiger partial charge on any atom is 0.248 e. The molecule has 2 aliphatic heterocycles. The number of morpholine rings is 1. The molecule has 2 aliphatic rings. The van der Waals surface area contributed by atoms with Crippen molar-refractivity contribution >= 4 is 5.91 Å². The Morgan fingerprint density at radius 2 is 2.21 bits per heavy atom. The third kappa shape index (κ3) is 3.69. The molecule has 2 atom stereocenters. The van der Waals surface area contributed by atoms with Gasteiger partial charge in [-0.2, -0.15) is 0 Å². The van der Waals surface area contributed by atoms with Crippen molar-refractivity contribution in [2.45, 2.75) is 46.1 Å². The normalized spacial score (nSPS) is 33.6. The number of hydrogen-bond donors (Lipinski definition) is 1. The number of nitrogens with one attached hydrogen (secondary N) is 1. The topological polar surface area (TPSA) is 41.6 Å². The van der Waals surface area contributed by atoms with Crippen molar-refractivity contribution in [1.29, 1.82) is 0 Å². The summed E-state index contributed by atoms with van der Waals surface area (Å²) in [5, 5.41) is 3.45. The zero-order valence-corrected chi connectivity index (χ0v) is 12.8. The molecule has 4 nitrogen and oxygen atoms in total. The lowest BCUT2D eigenvalue weighted by atomic mass is 9.81. The first-order valence-corrected chi connectivity index (χ1v) is 7.43. The molecule has 0 saturated carbocycles. The summed E-state index contributed by atoms with van der Waals surface area (Å²) < 4.78 is 5.93. The summed E-state index contributed by atoms with van der Waals surface area (Å²) in [6, 6.07) is 0. The van der Waals surface area contributed by atoms with Gasteiger partial charge >= 0.3 is 0 Å². The second kappa shape index (κ2) is 5.41. The molecule has 110 valence electrons. The molecule has 0 spiro atoms. The van der Waals surface area contributed by atoms with Crippen molar-refractivity contribution in [3.63, 3.8) is 0 Å². The fourth-order valence-corrected chi connectivity index (χ4v) is 3.17. The number of hydrogen-bond acceptors (Lipinski definition) is 3. The van der Waals surface area contributed by atoms with Crippen molar-refractivity contribution in [2.75, 3.05) is 32.8 Å². The van der Waals surface area contributed by atoms with Gasteiger partial charge in [-0.1, -0.05) is 20.8 Å². The third-order valence-electron chi connectivity index (χ3n) is 4.21. The van der Waals surface area contributed by atoms with Gasteiger partial charge in [0.15, 0.2) is 0 Å². The molecule has 2 saturated heterocycles. The van der Waals surface area contributed by atoms with Crippen LogP contribution in [0.1, 0.15) is 40.5 Å². The predicted molar refractivity (Wildman–Crippen MR) is 76.0 cm³/mol. The lowest BCUT2D eigenvalue weighted by molar-refractivity contribution is -0.173. The van der Waals surface area contributed by atoms with Gasteiger partial charge < -0.3 is 15.0 Å². The van der Waals surface area contributed by atoms with E-state index in [4.69, 9.17) is 4.74 Å². The summed E-state index contributed by atoms with van der Waals surface area (Å²) in [5.41, 5.74) is -0.0503. The number of nitrogens with zero attached hydrogens (tertiary/aromatic N) is 1. The Hall–Kier alpha value is -0.610. The molecule has 0 aliphatic carbocycles. The van der Waals surface area contributed by atoms with Crippen LogP contribution in [0, 0.1) is 11.3 Å². The van der Waals surface area contributed by atoms with Crippen LogP contribution >= 0.6 is 0 Å². The highest BCUT2D eigenvalue weighted by molar-refractivity contribution is 5.78. The van der Waals surface area contributed by atoms with Crippen LogP contribution in [0.25, 0.3) is 0 Å². The fourth-order valence-electron chi connectivity index (χ4n) is 3.17. The average molecular weight is 268 g/mol. The van der Waals surface area contributed by atoms with Crippen LogP contribution in [0.4, 0.5) is 0 Å². The Bertz CT molecular complexity index is 332. The van der Waals surface area contributed by atoms with Crippen LogP contribution < -0.4 is 5.32 Å². The molecule has 0 aromatic carbocycles. The van der Waals surface area contributed by atoms with Crippen LogP contribution in [-0.4, -0.2) is 49.2 Å². The summed E-state index contributed by atoms with van der Waals surface area (Å²) in [6.07, 6.45) is 2.40. The average Bonchev–Trinajstić information content (AvgIpc) is 2.33. The Kier molecular flexibility index (Phi) is 4.21. The number of ether oxygens (including phenoxy) is 1. The highest BCUT2D eigenvalue weighted by atomic mass is 16.5. The first kappa shape index (κ1) is 14.8. The molecule has 0 bridgehead atoms. The first-order valence-electron chi connectivity index (χ1n) is 7.43. The zero-order valence-electron chi connectivity index (χ0n) is 12.8. The Morgan fingerprint density at radius 1 is 1.47 bits per heavy atom. The molecule has 2 heterocycles. The van der Waals surface area contributed by atoms with Gasteiger partial charge in [-0.05, 0) is 31.7 Å². The lowest BCUT2D eigenvalue weighted by Gasteiger charge is -2.47. The van der Waals surface area contributed by atoms with Crippen molar-refractivity contribution < 1.29 is 9.53 Å². The van der Waals surface area contributed by atoms with E-state index in [2.05, 4.69) is 33.0 Å². The van der Waals surface area contributed by atoms with Crippen LogP contribution in [0.3, 0.4) is 0 Å². The molecule has 19 heavy (non-hydrogen) atoms. The van der Waals surface area contributed by atoms with Gasteiger partial charge in [0, 0.05) is 25.6 Å². The van der Waals surface area contributed by atoms with Gasteiger partial charge in [-0.3, -0.25) is 4.79 Å². The molecule has 2 rings (SSSR count). The van der Waals surface area contributed by atoms with E-state index in [1.165, 1.54) is 12.8 Å². The molecule has 4 heteroatoms. The number of piperidine rings is 1. The highest BCUT2D eigenvalue weighted by Gasteiger charge is 2.43. The minimum atomic E-state index is -0.188. The van der Waals surface area contributed by atoms with Gasteiger partial charge in [0.25, 0.3) is 0 Å². The van der Waals surface area contributed by atoms with Crippen LogP contribution in [0.5, 0.6) is 0 Å². The second-order valence-electron chi connectivity index (χ2n) is 7.46. The highest BCUT2D eigenvalue weighted by Crippen LogP contribution is 2.32. The number of carbonyl (C=O) groups excluding carboxylic acids is 1. The monoisotopic (exact) mass is 268 g/mol. The van der Waals surface area contributed by atoms with Gasteiger partial charge in [-0.15, -0.1) is 0 Å². The minimum absolute atomic E-state index is 0.135. The Labute approximate surface area is 116 Å². The number of carbonyl (C=O) groups is 1. The van der Waals surface area contributed by atoms with E-state index in [9.17, 15) is 4.79 Å². The summed E-state index contributed by atoms with van der Waals surface area (Å²) in [6.45, 7) is 12.6. The van der Waals surface area contributed by atoms with Crippen molar-refractivity contribution in [3.8, 4) is 0 Å². The zero-order chi connectivity index (χ0) is 14.1. The molecule has 1 N–H and O–H groups in total. The van der Waals surface area contributed by atoms with Crippen molar-refractivity contribution in [1.82, 2.24) is 10.2 Å². The summed E-state index contributed by atoms with van der Waals surface area (Å²) in [5.74, 6) is 0.646. The van der Waals surface area contributed by atoms with E-state index in [-0.39, 0.29) is 23.5 Å². The molecule has 1 amide bonds. The summed E-state index contributed by atoms with van der Waals surface area (Å²) in [4.78, 5) is 14.0. The largest absolute Gasteiger partial charge is 0.363 e.